The Balaban J connectivity index is 1.88. The topological polar surface area (TPSA) is 45.7 Å². The van der Waals surface area contributed by atoms with E-state index in [0.717, 1.165) is 18.7 Å². The lowest BCUT2D eigenvalue weighted by atomic mass is 10.3. The summed E-state index contributed by atoms with van der Waals surface area (Å²) in [7, 11) is 3.53. The third kappa shape index (κ3) is 2.87. The maximum atomic E-state index is 11.7. The second-order valence-electron chi connectivity index (χ2n) is 4.33. The third-order valence-electron chi connectivity index (χ3n) is 2.75. The van der Waals surface area contributed by atoms with E-state index in [1.54, 1.807) is 31.4 Å². The van der Waals surface area contributed by atoms with Crippen LogP contribution in [-0.4, -0.2) is 54.1 Å². The molecular weight excluding hydrogens is 218 g/mol. The zero-order chi connectivity index (χ0) is 12.3. The summed E-state index contributed by atoms with van der Waals surface area (Å²) in [6.45, 7) is 1.41. The minimum absolute atomic E-state index is 0.0471. The molecule has 0 aliphatic carbocycles. The molecule has 5 nitrogen and oxygen atoms in total. The molecule has 0 radical (unpaired) electrons. The Labute approximate surface area is 101 Å². The number of nitrogens with zero attached hydrogens (tertiary/aromatic N) is 3. The minimum atomic E-state index is 0.0471. The van der Waals surface area contributed by atoms with Crippen LogP contribution in [0.25, 0.3) is 0 Å². The standard InChI is InChI=1S/C12H17N3O2/c1-14(2)12(16)15-8-5-11(9-15)17-10-3-6-13-7-4-10/h3-4,6-7,11H,5,8-9H2,1-2H3/t11-/m1/s1. The van der Waals surface area contributed by atoms with Gasteiger partial charge in [-0.15, -0.1) is 0 Å². The van der Waals surface area contributed by atoms with Crippen LogP contribution in [0.1, 0.15) is 6.42 Å². The zero-order valence-electron chi connectivity index (χ0n) is 10.2. The summed E-state index contributed by atoms with van der Waals surface area (Å²) in [5.74, 6) is 0.809. The van der Waals surface area contributed by atoms with Gasteiger partial charge in [-0.1, -0.05) is 0 Å². The first-order chi connectivity index (χ1) is 8.16. The van der Waals surface area contributed by atoms with Gasteiger partial charge in [0.05, 0.1) is 6.54 Å². The maximum Gasteiger partial charge on any atom is 0.319 e. The van der Waals surface area contributed by atoms with Crippen LogP contribution >= 0.6 is 0 Å². The highest BCUT2D eigenvalue weighted by Crippen LogP contribution is 2.17. The number of hydrogen-bond donors (Lipinski definition) is 0. The lowest BCUT2D eigenvalue weighted by Gasteiger charge is -2.21. The molecule has 1 atom stereocenters. The van der Waals surface area contributed by atoms with Crippen molar-refractivity contribution in [3.05, 3.63) is 24.5 Å². The minimum Gasteiger partial charge on any atom is -0.488 e. The van der Waals surface area contributed by atoms with E-state index in [9.17, 15) is 4.79 Å². The van der Waals surface area contributed by atoms with Gasteiger partial charge in [0.25, 0.3) is 0 Å². The predicted molar refractivity (Wildman–Crippen MR) is 63.9 cm³/mol. The number of aromatic nitrogens is 1. The van der Waals surface area contributed by atoms with Crippen LogP contribution in [0.3, 0.4) is 0 Å². The van der Waals surface area contributed by atoms with Crippen LogP contribution < -0.4 is 4.74 Å². The molecule has 0 aromatic carbocycles. The Morgan fingerprint density at radius 2 is 2.18 bits per heavy atom. The molecule has 2 rings (SSSR count). The first kappa shape index (κ1) is 11.7. The van der Waals surface area contributed by atoms with Gasteiger partial charge in [0.15, 0.2) is 0 Å². The Morgan fingerprint density at radius 1 is 1.47 bits per heavy atom. The van der Waals surface area contributed by atoms with Crippen molar-refractivity contribution in [3.8, 4) is 5.75 Å². The predicted octanol–water partition coefficient (Wildman–Crippen LogP) is 1.22. The van der Waals surface area contributed by atoms with Crippen molar-refractivity contribution < 1.29 is 9.53 Å². The first-order valence-corrected chi connectivity index (χ1v) is 5.69. The monoisotopic (exact) mass is 235 g/mol. The van der Waals surface area contributed by atoms with Crippen LogP contribution in [0.2, 0.25) is 0 Å². The molecule has 1 aromatic heterocycles. The normalized spacial score (nSPS) is 19.2. The quantitative estimate of drug-likeness (QED) is 0.774. The third-order valence-corrected chi connectivity index (χ3v) is 2.75. The summed E-state index contributed by atoms with van der Waals surface area (Å²) in [5.41, 5.74) is 0. The van der Waals surface area contributed by atoms with Gasteiger partial charge < -0.3 is 14.5 Å². The molecule has 0 N–H and O–H groups in total. The number of urea groups is 1. The molecule has 0 unspecified atom stereocenters. The average molecular weight is 235 g/mol. The summed E-state index contributed by atoms with van der Waals surface area (Å²) >= 11 is 0. The van der Waals surface area contributed by atoms with E-state index in [0.29, 0.717) is 6.54 Å². The fraction of sp³-hybridized carbons (Fsp3) is 0.500. The first-order valence-electron chi connectivity index (χ1n) is 5.69. The molecule has 1 aromatic rings. The van der Waals surface area contributed by atoms with E-state index >= 15 is 0 Å². The Kier molecular flexibility index (Phi) is 3.46. The number of amides is 2. The Morgan fingerprint density at radius 3 is 2.82 bits per heavy atom. The molecule has 92 valence electrons. The number of ether oxygens (including phenoxy) is 1. The molecule has 1 fully saturated rings. The van der Waals surface area contributed by atoms with E-state index in [-0.39, 0.29) is 12.1 Å². The summed E-state index contributed by atoms with van der Waals surface area (Å²) in [6, 6.07) is 3.71. The molecular formula is C12H17N3O2. The summed E-state index contributed by atoms with van der Waals surface area (Å²) < 4.78 is 5.78. The molecule has 1 aliphatic rings. The highest BCUT2D eigenvalue weighted by molar-refractivity contribution is 5.74. The van der Waals surface area contributed by atoms with Gasteiger partial charge in [0.2, 0.25) is 0 Å². The Hall–Kier alpha value is -1.78. The van der Waals surface area contributed by atoms with Crippen molar-refractivity contribution in [2.45, 2.75) is 12.5 Å². The lowest BCUT2D eigenvalue weighted by Crippen LogP contribution is -2.38. The van der Waals surface area contributed by atoms with Crippen LogP contribution in [0.4, 0.5) is 4.79 Å². The lowest BCUT2D eigenvalue weighted by molar-refractivity contribution is 0.167. The molecule has 0 bridgehead atoms. The van der Waals surface area contributed by atoms with Gasteiger partial charge in [-0.05, 0) is 12.1 Å². The van der Waals surface area contributed by atoms with Gasteiger partial charge >= 0.3 is 6.03 Å². The molecule has 0 saturated carbocycles. The number of hydrogen-bond acceptors (Lipinski definition) is 3. The summed E-state index contributed by atoms with van der Waals surface area (Å²) in [4.78, 5) is 19.1. The molecule has 0 spiro atoms. The number of likely N-dealkylation sites (tertiary alicyclic amines) is 1. The second-order valence-corrected chi connectivity index (χ2v) is 4.33. The van der Waals surface area contributed by atoms with E-state index in [1.807, 2.05) is 17.0 Å². The smallest absolute Gasteiger partial charge is 0.319 e. The maximum absolute atomic E-state index is 11.7. The molecule has 17 heavy (non-hydrogen) atoms. The van der Waals surface area contributed by atoms with Crippen LogP contribution in [0.15, 0.2) is 24.5 Å². The van der Waals surface area contributed by atoms with Crippen molar-refractivity contribution in [1.29, 1.82) is 0 Å². The SMILES string of the molecule is CN(C)C(=O)N1CC[C@@H](Oc2ccncc2)C1. The van der Waals surface area contributed by atoms with E-state index < -0.39 is 0 Å². The molecule has 1 saturated heterocycles. The van der Waals surface area contributed by atoms with Gasteiger partial charge in [-0.25, -0.2) is 4.79 Å². The van der Waals surface area contributed by atoms with Crippen molar-refractivity contribution >= 4 is 6.03 Å². The van der Waals surface area contributed by atoms with Crippen molar-refractivity contribution in [2.75, 3.05) is 27.2 Å². The van der Waals surface area contributed by atoms with Crippen LogP contribution in [0, 0.1) is 0 Å². The van der Waals surface area contributed by atoms with E-state index in [1.165, 1.54) is 0 Å². The molecule has 2 amide bonds. The molecule has 2 heterocycles. The number of pyridine rings is 1. The van der Waals surface area contributed by atoms with E-state index in [4.69, 9.17) is 4.74 Å². The highest BCUT2D eigenvalue weighted by atomic mass is 16.5. The second kappa shape index (κ2) is 5.03. The van der Waals surface area contributed by atoms with Gasteiger partial charge in [-0.2, -0.15) is 0 Å². The van der Waals surface area contributed by atoms with Gasteiger partial charge in [-0.3, -0.25) is 4.98 Å². The van der Waals surface area contributed by atoms with Crippen molar-refractivity contribution in [2.24, 2.45) is 0 Å². The average Bonchev–Trinajstić information content (AvgIpc) is 2.77. The van der Waals surface area contributed by atoms with Crippen LogP contribution in [-0.2, 0) is 0 Å². The molecule has 1 aliphatic heterocycles. The largest absolute Gasteiger partial charge is 0.488 e. The number of carbonyl (C=O) groups is 1. The Bertz CT molecular complexity index is 381. The summed E-state index contributed by atoms with van der Waals surface area (Å²) in [6.07, 6.45) is 4.36. The molecule has 5 heteroatoms. The van der Waals surface area contributed by atoms with E-state index in [2.05, 4.69) is 4.98 Å². The fourth-order valence-corrected chi connectivity index (χ4v) is 1.89. The number of carbonyl (C=O) groups excluding carboxylic acids is 1. The number of rotatable bonds is 2. The fourth-order valence-electron chi connectivity index (χ4n) is 1.89. The van der Waals surface area contributed by atoms with Crippen molar-refractivity contribution in [3.63, 3.8) is 0 Å². The summed E-state index contributed by atoms with van der Waals surface area (Å²) in [5, 5.41) is 0. The zero-order valence-corrected chi connectivity index (χ0v) is 10.2. The van der Waals surface area contributed by atoms with Crippen molar-refractivity contribution in [1.82, 2.24) is 14.8 Å². The van der Waals surface area contributed by atoms with Gasteiger partial charge in [0, 0.05) is 39.5 Å². The van der Waals surface area contributed by atoms with Crippen LogP contribution in [0.5, 0.6) is 5.75 Å². The highest BCUT2D eigenvalue weighted by Gasteiger charge is 2.28. The van der Waals surface area contributed by atoms with Gasteiger partial charge in [0.1, 0.15) is 11.9 Å².